The highest BCUT2D eigenvalue weighted by Gasteiger charge is 2.47. The van der Waals surface area contributed by atoms with Crippen LogP contribution in [0.1, 0.15) is 57.8 Å². The second-order valence-electron chi connectivity index (χ2n) is 6.40. The van der Waals surface area contributed by atoms with Gasteiger partial charge >= 0.3 is 0 Å². The van der Waals surface area contributed by atoms with Crippen molar-refractivity contribution in [2.75, 3.05) is 0 Å². The summed E-state index contributed by atoms with van der Waals surface area (Å²) in [5.74, 6) is 4.39. The van der Waals surface area contributed by atoms with Crippen molar-refractivity contribution in [2.45, 2.75) is 57.8 Å². The molecule has 15 heavy (non-hydrogen) atoms. The first kappa shape index (κ1) is 8.84. The smallest absolute Gasteiger partial charge is 0.0141 e. The van der Waals surface area contributed by atoms with Gasteiger partial charge in [0.25, 0.3) is 0 Å². The summed E-state index contributed by atoms with van der Waals surface area (Å²) >= 11 is 0. The van der Waals surface area contributed by atoms with E-state index in [4.69, 9.17) is 0 Å². The number of rotatable bonds is 0. The summed E-state index contributed by atoms with van der Waals surface area (Å²) in [5.41, 5.74) is 3.97. The molecule has 4 atom stereocenters. The maximum absolute atomic E-state index is 2.03. The van der Waals surface area contributed by atoms with E-state index in [9.17, 15) is 0 Å². The van der Waals surface area contributed by atoms with Gasteiger partial charge in [0.05, 0.1) is 0 Å². The fraction of sp³-hybridized carbons (Fsp3) is 0.867. The zero-order valence-electron chi connectivity index (χ0n) is 9.67. The fourth-order valence-electron chi connectivity index (χ4n) is 5.38. The SMILES string of the molecule is C1CC2=C3C(C1)CC1CCCC(CC2)C31. The van der Waals surface area contributed by atoms with Crippen LogP contribution in [0.3, 0.4) is 0 Å². The topological polar surface area (TPSA) is 0 Å². The van der Waals surface area contributed by atoms with Gasteiger partial charge in [-0.15, -0.1) is 0 Å². The standard InChI is InChI=1S/C15H22/c1-3-10-7-8-11-4-2-6-13-9-12(5-1)14(10)15(11)13/h10,12-14H,1-9H2. The monoisotopic (exact) mass is 202 g/mol. The zero-order valence-corrected chi connectivity index (χ0v) is 9.67. The summed E-state index contributed by atoms with van der Waals surface area (Å²) in [5, 5.41) is 0. The lowest BCUT2D eigenvalue weighted by molar-refractivity contribution is 0.187. The summed E-state index contributed by atoms with van der Waals surface area (Å²) < 4.78 is 0. The summed E-state index contributed by atoms with van der Waals surface area (Å²) in [6, 6.07) is 0. The Kier molecular flexibility index (Phi) is 1.84. The highest BCUT2D eigenvalue weighted by Crippen LogP contribution is 2.59. The third-order valence-electron chi connectivity index (χ3n) is 5.81. The molecule has 0 spiro atoms. The minimum atomic E-state index is 1.06. The first-order chi connectivity index (χ1) is 7.43. The molecule has 4 rings (SSSR count). The molecule has 0 nitrogen and oxygen atoms in total. The van der Waals surface area contributed by atoms with Gasteiger partial charge in [0.15, 0.2) is 0 Å². The molecule has 0 aromatic carbocycles. The molecule has 0 heterocycles. The Hall–Kier alpha value is -0.260. The maximum Gasteiger partial charge on any atom is -0.0141 e. The third kappa shape index (κ3) is 1.14. The molecule has 0 radical (unpaired) electrons. The van der Waals surface area contributed by atoms with E-state index in [0.29, 0.717) is 0 Å². The van der Waals surface area contributed by atoms with E-state index in [1.165, 1.54) is 19.3 Å². The van der Waals surface area contributed by atoms with Crippen molar-refractivity contribution in [1.29, 1.82) is 0 Å². The average molecular weight is 202 g/mol. The van der Waals surface area contributed by atoms with E-state index in [2.05, 4.69) is 0 Å². The molecule has 2 saturated carbocycles. The largest absolute Gasteiger partial charge is 0.0704 e. The molecule has 82 valence electrons. The highest BCUT2D eigenvalue weighted by atomic mass is 14.5. The molecule has 0 aromatic heterocycles. The molecule has 0 amide bonds. The van der Waals surface area contributed by atoms with Crippen molar-refractivity contribution in [3.05, 3.63) is 11.1 Å². The van der Waals surface area contributed by atoms with E-state index in [0.717, 1.165) is 23.7 Å². The van der Waals surface area contributed by atoms with Crippen molar-refractivity contribution in [3.63, 3.8) is 0 Å². The molecule has 4 unspecified atom stereocenters. The van der Waals surface area contributed by atoms with Gasteiger partial charge in [-0.1, -0.05) is 17.6 Å². The molecular weight excluding hydrogens is 180 g/mol. The molecule has 0 saturated heterocycles. The van der Waals surface area contributed by atoms with Crippen molar-refractivity contribution < 1.29 is 0 Å². The lowest BCUT2D eigenvalue weighted by Gasteiger charge is -2.40. The lowest BCUT2D eigenvalue weighted by Crippen LogP contribution is -2.29. The molecule has 2 fully saturated rings. The fourth-order valence-corrected chi connectivity index (χ4v) is 5.38. The van der Waals surface area contributed by atoms with Crippen molar-refractivity contribution >= 4 is 0 Å². The molecule has 4 aliphatic carbocycles. The summed E-state index contributed by atoms with van der Waals surface area (Å²) in [6.07, 6.45) is 13.8. The van der Waals surface area contributed by atoms with Crippen LogP contribution in [-0.4, -0.2) is 0 Å². The number of hydrogen-bond donors (Lipinski definition) is 0. The van der Waals surface area contributed by atoms with Crippen LogP contribution in [0.15, 0.2) is 11.1 Å². The van der Waals surface area contributed by atoms with Gasteiger partial charge in [0, 0.05) is 0 Å². The summed E-state index contributed by atoms with van der Waals surface area (Å²) in [7, 11) is 0. The predicted molar refractivity (Wildman–Crippen MR) is 62.5 cm³/mol. The molecule has 0 aliphatic heterocycles. The average Bonchev–Trinajstić information content (AvgIpc) is 2.66. The maximum atomic E-state index is 2.03. The Labute approximate surface area is 93.1 Å². The van der Waals surface area contributed by atoms with Gasteiger partial charge in [-0.2, -0.15) is 0 Å². The lowest BCUT2D eigenvalue weighted by atomic mass is 9.65. The minimum Gasteiger partial charge on any atom is -0.0704 e. The molecule has 0 heteroatoms. The van der Waals surface area contributed by atoms with Gasteiger partial charge < -0.3 is 0 Å². The molecule has 0 N–H and O–H groups in total. The van der Waals surface area contributed by atoms with Crippen LogP contribution in [-0.2, 0) is 0 Å². The molecule has 0 aromatic rings. The predicted octanol–water partition coefficient (Wildman–Crippen LogP) is 4.31. The van der Waals surface area contributed by atoms with E-state index in [1.807, 2.05) is 11.1 Å². The Balaban J connectivity index is 1.80. The molecule has 4 aliphatic rings. The van der Waals surface area contributed by atoms with Crippen LogP contribution < -0.4 is 0 Å². The van der Waals surface area contributed by atoms with Gasteiger partial charge in [-0.25, -0.2) is 0 Å². The van der Waals surface area contributed by atoms with Crippen LogP contribution in [0.4, 0.5) is 0 Å². The second-order valence-corrected chi connectivity index (χ2v) is 6.40. The van der Waals surface area contributed by atoms with Gasteiger partial charge in [0.1, 0.15) is 0 Å². The van der Waals surface area contributed by atoms with E-state index in [-0.39, 0.29) is 0 Å². The quantitative estimate of drug-likeness (QED) is 0.513. The minimum absolute atomic E-state index is 1.06. The van der Waals surface area contributed by atoms with Crippen LogP contribution in [0.2, 0.25) is 0 Å². The van der Waals surface area contributed by atoms with Crippen molar-refractivity contribution in [2.24, 2.45) is 23.7 Å². The summed E-state index contributed by atoms with van der Waals surface area (Å²) in [6.45, 7) is 0. The van der Waals surface area contributed by atoms with Crippen molar-refractivity contribution in [3.8, 4) is 0 Å². The highest BCUT2D eigenvalue weighted by molar-refractivity contribution is 5.31. The number of hydrogen-bond acceptors (Lipinski definition) is 0. The Morgan fingerprint density at radius 2 is 1.73 bits per heavy atom. The van der Waals surface area contributed by atoms with Crippen molar-refractivity contribution in [1.82, 2.24) is 0 Å². The zero-order chi connectivity index (χ0) is 9.83. The first-order valence-corrected chi connectivity index (χ1v) is 7.15. The van der Waals surface area contributed by atoms with Gasteiger partial charge in [-0.05, 0) is 75.0 Å². The first-order valence-electron chi connectivity index (χ1n) is 7.15. The summed E-state index contributed by atoms with van der Waals surface area (Å²) in [4.78, 5) is 0. The van der Waals surface area contributed by atoms with Crippen LogP contribution in [0, 0.1) is 23.7 Å². The van der Waals surface area contributed by atoms with E-state index < -0.39 is 0 Å². The van der Waals surface area contributed by atoms with Crippen LogP contribution >= 0.6 is 0 Å². The Bertz CT molecular complexity index is 312. The normalized spacial score (nSPS) is 48.0. The molecular formula is C15H22. The van der Waals surface area contributed by atoms with Gasteiger partial charge in [-0.3, -0.25) is 0 Å². The Morgan fingerprint density at radius 1 is 0.800 bits per heavy atom. The van der Waals surface area contributed by atoms with Gasteiger partial charge in [0.2, 0.25) is 0 Å². The Morgan fingerprint density at radius 3 is 2.73 bits per heavy atom. The van der Waals surface area contributed by atoms with Crippen LogP contribution in [0.5, 0.6) is 0 Å². The molecule has 0 bridgehead atoms. The second kappa shape index (κ2) is 3.12. The number of allylic oxidation sites excluding steroid dienone is 2. The van der Waals surface area contributed by atoms with E-state index in [1.54, 1.807) is 38.5 Å². The van der Waals surface area contributed by atoms with E-state index >= 15 is 0 Å². The third-order valence-corrected chi connectivity index (χ3v) is 5.81. The van der Waals surface area contributed by atoms with Crippen LogP contribution in [0.25, 0.3) is 0 Å².